The quantitative estimate of drug-likeness (QED) is 0.857. The summed E-state index contributed by atoms with van der Waals surface area (Å²) in [7, 11) is 0. The lowest BCUT2D eigenvalue weighted by molar-refractivity contribution is 0.0938. The molecule has 1 aromatic heterocycles. The topological polar surface area (TPSA) is 46.2 Å². The second-order valence-corrected chi connectivity index (χ2v) is 5.90. The van der Waals surface area contributed by atoms with Crippen LogP contribution in [0.2, 0.25) is 0 Å². The molecule has 104 valence electrons. The van der Waals surface area contributed by atoms with Gasteiger partial charge in [0, 0.05) is 12.1 Å². The first-order valence-electron chi connectivity index (χ1n) is 6.55. The van der Waals surface area contributed by atoms with Crippen molar-refractivity contribution >= 4 is 23.0 Å². The maximum Gasteiger partial charge on any atom is 0.252 e. The normalized spacial score (nSPS) is 10.6. The predicted octanol–water partition coefficient (Wildman–Crippen LogP) is 3.36. The Labute approximate surface area is 122 Å². The second kappa shape index (κ2) is 6.48. The van der Waals surface area contributed by atoms with Crippen molar-refractivity contribution in [1.29, 1.82) is 0 Å². The van der Waals surface area contributed by atoms with E-state index in [4.69, 9.17) is 0 Å². The Hall–Kier alpha value is -1.94. The summed E-state index contributed by atoms with van der Waals surface area (Å²) in [5, 5.41) is 4.71. The highest BCUT2D eigenvalue weighted by molar-refractivity contribution is 7.12. The number of thiophene rings is 1. The number of rotatable bonds is 5. The summed E-state index contributed by atoms with van der Waals surface area (Å²) in [6.45, 7) is 4.66. The number of hydrogen-bond donors (Lipinski definition) is 1. The molecule has 0 atom stereocenters. The molecule has 1 N–H and O–H groups in total. The molecule has 0 fully saturated rings. The summed E-state index contributed by atoms with van der Waals surface area (Å²) in [4.78, 5) is 25.2. The minimum Gasteiger partial charge on any atom is -0.352 e. The van der Waals surface area contributed by atoms with Crippen LogP contribution < -0.4 is 5.32 Å². The number of carbonyl (C=O) groups excluding carboxylic acids is 2. The van der Waals surface area contributed by atoms with Crippen LogP contribution in [0.25, 0.3) is 0 Å². The fourth-order valence-electron chi connectivity index (χ4n) is 1.81. The van der Waals surface area contributed by atoms with Gasteiger partial charge in [-0.05, 0) is 23.4 Å². The fraction of sp³-hybridized carbons (Fsp3) is 0.250. The molecule has 0 aliphatic carbocycles. The van der Waals surface area contributed by atoms with E-state index < -0.39 is 0 Å². The zero-order valence-corrected chi connectivity index (χ0v) is 12.4. The van der Waals surface area contributed by atoms with Crippen LogP contribution in [-0.2, 0) is 0 Å². The molecule has 1 amide bonds. The Kier molecular flexibility index (Phi) is 4.69. The molecule has 1 aromatic carbocycles. The summed E-state index contributed by atoms with van der Waals surface area (Å²) >= 11 is 1.38. The van der Waals surface area contributed by atoms with Crippen LogP contribution in [0.5, 0.6) is 0 Å². The van der Waals surface area contributed by atoms with Crippen LogP contribution in [0.4, 0.5) is 0 Å². The van der Waals surface area contributed by atoms with Crippen LogP contribution >= 0.6 is 11.3 Å². The number of nitrogens with one attached hydrogen (secondary N) is 1. The van der Waals surface area contributed by atoms with Crippen molar-refractivity contribution in [3.8, 4) is 0 Å². The molecule has 0 saturated carbocycles. The van der Waals surface area contributed by atoms with Crippen LogP contribution in [0.1, 0.15) is 39.4 Å². The molecular weight excluding hydrogens is 270 g/mol. The standard InChI is InChI=1S/C16H17NO2S/c1-11(2)10-17-16(19)13-7-4-3-6-12(13)15(18)14-8-5-9-20-14/h3-9,11H,10H2,1-2H3,(H,17,19). The minimum absolute atomic E-state index is 0.102. The van der Waals surface area contributed by atoms with Gasteiger partial charge in [-0.2, -0.15) is 0 Å². The van der Waals surface area contributed by atoms with Gasteiger partial charge in [-0.25, -0.2) is 0 Å². The van der Waals surface area contributed by atoms with Crippen molar-refractivity contribution in [1.82, 2.24) is 5.32 Å². The van der Waals surface area contributed by atoms with Gasteiger partial charge < -0.3 is 5.32 Å². The summed E-state index contributed by atoms with van der Waals surface area (Å²) in [5.41, 5.74) is 0.891. The zero-order valence-electron chi connectivity index (χ0n) is 11.6. The van der Waals surface area contributed by atoms with Crippen molar-refractivity contribution in [2.75, 3.05) is 6.54 Å². The lowest BCUT2D eigenvalue weighted by atomic mass is 10.0. The Bertz CT molecular complexity index is 603. The first kappa shape index (κ1) is 14.5. The fourth-order valence-corrected chi connectivity index (χ4v) is 2.49. The Morgan fingerprint density at radius 3 is 2.40 bits per heavy atom. The third-order valence-electron chi connectivity index (χ3n) is 2.83. The molecular formula is C16H17NO2S. The van der Waals surface area contributed by atoms with Crippen LogP contribution in [0.3, 0.4) is 0 Å². The number of carbonyl (C=O) groups is 2. The van der Waals surface area contributed by atoms with Crippen LogP contribution in [0.15, 0.2) is 41.8 Å². The van der Waals surface area contributed by atoms with E-state index in [0.29, 0.717) is 28.5 Å². The van der Waals surface area contributed by atoms with Crippen LogP contribution in [0, 0.1) is 5.92 Å². The van der Waals surface area contributed by atoms with E-state index in [1.54, 1.807) is 30.3 Å². The lowest BCUT2D eigenvalue weighted by Gasteiger charge is -2.10. The number of hydrogen-bond acceptors (Lipinski definition) is 3. The van der Waals surface area contributed by atoms with Gasteiger partial charge in [0.25, 0.3) is 5.91 Å². The average Bonchev–Trinajstić information content (AvgIpc) is 2.98. The second-order valence-electron chi connectivity index (χ2n) is 4.96. The van der Waals surface area contributed by atoms with Gasteiger partial charge in [0.15, 0.2) is 0 Å². The molecule has 3 nitrogen and oxygen atoms in total. The van der Waals surface area contributed by atoms with E-state index in [-0.39, 0.29) is 11.7 Å². The Morgan fingerprint density at radius 1 is 1.10 bits per heavy atom. The molecule has 0 spiro atoms. The third kappa shape index (κ3) is 3.33. The molecule has 1 heterocycles. The van der Waals surface area contributed by atoms with E-state index in [1.165, 1.54) is 11.3 Å². The van der Waals surface area contributed by atoms with Gasteiger partial charge in [-0.3, -0.25) is 9.59 Å². The van der Waals surface area contributed by atoms with Gasteiger partial charge in [0.1, 0.15) is 0 Å². The molecule has 0 radical (unpaired) electrons. The number of benzene rings is 1. The highest BCUT2D eigenvalue weighted by atomic mass is 32.1. The van der Waals surface area contributed by atoms with E-state index in [1.807, 2.05) is 25.3 Å². The highest BCUT2D eigenvalue weighted by Gasteiger charge is 2.18. The molecule has 4 heteroatoms. The van der Waals surface area contributed by atoms with Crippen molar-refractivity contribution in [3.63, 3.8) is 0 Å². The van der Waals surface area contributed by atoms with Crippen molar-refractivity contribution in [2.45, 2.75) is 13.8 Å². The van der Waals surface area contributed by atoms with E-state index in [2.05, 4.69) is 5.32 Å². The monoisotopic (exact) mass is 287 g/mol. The molecule has 0 unspecified atom stereocenters. The predicted molar refractivity (Wildman–Crippen MR) is 81.4 cm³/mol. The van der Waals surface area contributed by atoms with E-state index >= 15 is 0 Å². The van der Waals surface area contributed by atoms with Gasteiger partial charge in [0.05, 0.1) is 10.4 Å². The summed E-state index contributed by atoms with van der Waals surface area (Å²) in [6.07, 6.45) is 0. The molecule has 0 bridgehead atoms. The molecule has 0 saturated heterocycles. The molecule has 2 rings (SSSR count). The highest BCUT2D eigenvalue weighted by Crippen LogP contribution is 2.18. The minimum atomic E-state index is -0.195. The van der Waals surface area contributed by atoms with Crippen molar-refractivity contribution in [3.05, 3.63) is 57.8 Å². The molecule has 0 aliphatic heterocycles. The van der Waals surface area contributed by atoms with Crippen molar-refractivity contribution in [2.24, 2.45) is 5.92 Å². The maximum absolute atomic E-state index is 12.4. The van der Waals surface area contributed by atoms with Crippen molar-refractivity contribution < 1.29 is 9.59 Å². The third-order valence-corrected chi connectivity index (χ3v) is 3.70. The zero-order chi connectivity index (χ0) is 14.5. The maximum atomic E-state index is 12.4. The van der Waals surface area contributed by atoms with Gasteiger partial charge in [0.2, 0.25) is 5.78 Å². The Morgan fingerprint density at radius 2 is 1.80 bits per heavy atom. The number of ketones is 1. The first-order chi connectivity index (χ1) is 9.59. The molecule has 20 heavy (non-hydrogen) atoms. The summed E-state index contributed by atoms with van der Waals surface area (Å²) < 4.78 is 0. The largest absolute Gasteiger partial charge is 0.352 e. The van der Waals surface area contributed by atoms with Gasteiger partial charge >= 0.3 is 0 Å². The smallest absolute Gasteiger partial charge is 0.252 e. The average molecular weight is 287 g/mol. The van der Waals surface area contributed by atoms with Crippen LogP contribution in [-0.4, -0.2) is 18.2 Å². The lowest BCUT2D eigenvalue weighted by Crippen LogP contribution is -2.28. The van der Waals surface area contributed by atoms with E-state index in [0.717, 1.165) is 0 Å². The van der Waals surface area contributed by atoms with Gasteiger partial charge in [-0.15, -0.1) is 11.3 Å². The first-order valence-corrected chi connectivity index (χ1v) is 7.43. The number of amides is 1. The summed E-state index contributed by atoms with van der Waals surface area (Å²) in [5.74, 6) is 0.0774. The van der Waals surface area contributed by atoms with Gasteiger partial charge in [-0.1, -0.05) is 38.1 Å². The summed E-state index contributed by atoms with van der Waals surface area (Å²) in [6, 6.07) is 10.5. The SMILES string of the molecule is CC(C)CNC(=O)c1ccccc1C(=O)c1cccs1. The van der Waals surface area contributed by atoms with E-state index in [9.17, 15) is 9.59 Å². The Balaban J connectivity index is 2.26. The molecule has 0 aliphatic rings. The molecule has 2 aromatic rings.